The molecule has 1 rings (SSSR count). The molecule has 0 aromatic heterocycles. The number of carbonyl (C=O) groups is 1. The molecule has 0 radical (unpaired) electrons. The molecule has 1 amide bonds. The first-order valence-electron chi connectivity index (χ1n) is 6.91. The standard InChI is InChI=1S/C15H23NO5/c1-19-11-12-20-10-8-16(7-9-17)15(18)21-13-14-5-3-2-4-6-14/h2-6,17H,7-13H2,1H3. The van der Waals surface area contributed by atoms with Crippen molar-refractivity contribution < 1.29 is 24.1 Å². The Bertz CT molecular complexity index is 385. The molecule has 0 spiro atoms. The highest BCUT2D eigenvalue weighted by Gasteiger charge is 2.14. The van der Waals surface area contributed by atoms with Crippen LogP contribution in [0.2, 0.25) is 0 Å². The maximum atomic E-state index is 11.9. The van der Waals surface area contributed by atoms with Gasteiger partial charge in [-0.2, -0.15) is 0 Å². The molecule has 21 heavy (non-hydrogen) atoms. The Balaban J connectivity index is 2.31. The Morgan fingerprint density at radius 1 is 1.14 bits per heavy atom. The van der Waals surface area contributed by atoms with Crippen molar-refractivity contribution in [3.05, 3.63) is 35.9 Å². The van der Waals surface area contributed by atoms with Gasteiger partial charge in [-0.3, -0.25) is 0 Å². The molecule has 0 heterocycles. The second kappa shape index (κ2) is 11.1. The Morgan fingerprint density at radius 2 is 1.90 bits per heavy atom. The van der Waals surface area contributed by atoms with Crippen LogP contribution in [0.4, 0.5) is 4.79 Å². The fourth-order valence-electron chi connectivity index (χ4n) is 1.64. The topological polar surface area (TPSA) is 68.2 Å². The van der Waals surface area contributed by atoms with Gasteiger partial charge in [-0.1, -0.05) is 30.3 Å². The highest BCUT2D eigenvalue weighted by molar-refractivity contribution is 5.67. The van der Waals surface area contributed by atoms with Crippen LogP contribution >= 0.6 is 0 Å². The number of rotatable bonds is 10. The Labute approximate surface area is 125 Å². The van der Waals surface area contributed by atoms with Crippen LogP contribution in [0.3, 0.4) is 0 Å². The second-order valence-corrected chi connectivity index (χ2v) is 4.36. The molecule has 1 aromatic rings. The van der Waals surface area contributed by atoms with Gasteiger partial charge in [0.25, 0.3) is 0 Å². The minimum absolute atomic E-state index is 0.113. The minimum Gasteiger partial charge on any atom is -0.445 e. The largest absolute Gasteiger partial charge is 0.445 e. The Hall–Kier alpha value is -1.63. The van der Waals surface area contributed by atoms with E-state index in [9.17, 15) is 4.79 Å². The van der Waals surface area contributed by atoms with Gasteiger partial charge in [0.1, 0.15) is 6.61 Å². The first-order chi connectivity index (χ1) is 10.3. The van der Waals surface area contributed by atoms with Crippen LogP contribution in [0.15, 0.2) is 30.3 Å². The van der Waals surface area contributed by atoms with Crippen molar-refractivity contribution in [3.63, 3.8) is 0 Å². The molecule has 0 bridgehead atoms. The van der Waals surface area contributed by atoms with Gasteiger partial charge in [0.15, 0.2) is 0 Å². The third kappa shape index (κ3) is 7.65. The van der Waals surface area contributed by atoms with E-state index in [2.05, 4.69) is 0 Å². The smallest absolute Gasteiger partial charge is 0.410 e. The van der Waals surface area contributed by atoms with Crippen molar-refractivity contribution in [2.45, 2.75) is 6.61 Å². The molecule has 1 aromatic carbocycles. The number of benzene rings is 1. The summed E-state index contributed by atoms with van der Waals surface area (Å²) in [4.78, 5) is 13.4. The number of aliphatic hydroxyl groups excluding tert-OH is 1. The van der Waals surface area contributed by atoms with Crippen LogP contribution in [0.25, 0.3) is 0 Å². The average molecular weight is 297 g/mol. The summed E-state index contributed by atoms with van der Waals surface area (Å²) in [5, 5.41) is 9.00. The summed E-state index contributed by atoms with van der Waals surface area (Å²) in [5.41, 5.74) is 0.922. The zero-order valence-corrected chi connectivity index (χ0v) is 12.4. The summed E-state index contributed by atoms with van der Waals surface area (Å²) in [6, 6.07) is 9.45. The van der Waals surface area contributed by atoms with E-state index in [0.29, 0.717) is 26.4 Å². The lowest BCUT2D eigenvalue weighted by molar-refractivity contribution is 0.0451. The highest BCUT2D eigenvalue weighted by atomic mass is 16.6. The summed E-state index contributed by atoms with van der Waals surface area (Å²) in [6.07, 6.45) is -0.455. The molecule has 1 N–H and O–H groups in total. The second-order valence-electron chi connectivity index (χ2n) is 4.36. The van der Waals surface area contributed by atoms with Crippen molar-refractivity contribution in [1.82, 2.24) is 4.90 Å². The van der Waals surface area contributed by atoms with Gasteiger partial charge in [-0.25, -0.2) is 4.79 Å². The maximum absolute atomic E-state index is 11.9. The fraction of sp³-hybridized carbons (Fsp3) is 0.533. The normalized spacial score (nSPS) is 10.4. The van der Waals surface area contributed by atoms with E-state index < -0.39 is 6.09 Å². The van der Waals surface area contributed by atoms with Crippen LogP contribution in [0, 0.1) is 0 Å². The van der Waals surface area contributed by atoms with E-state index >= 15 is 0 Å². The molecule has 6 nitrogen and oxygen atoms in total. The molecule has 0 unspecified atom stereocenters. The monoisotopic (exact) mass is 297 g/mol. The molecule has 6 heteroatoms. The minimum atomic E-state index is -0.455. The van der Waals surface area contributed by atoms with Gasteiger partial charge in [0, 0.05) is 20.2 Å². The summed E-state index contributed by atoms with van der Waals surface area (Å²) in [7, 11) is 1.60. The maximum Gasteiger partial charge on any atom is 0.410 e. The zero-order valence-electron chi connectivity index (χ0n) is 12.4. The van der Waals surface area contributed by atoms with E-state index in [0.717, 1.165) is 5.56 Å². The first kappa shape index (κ1) is 17.4. The zero-order chi connectivity index (χ0) is 15.3. The highest BCUT2D eigenvalue weighted by Crippen LogP contribution is 2.03. The van der Waals surface area contributed by atoms with Crippen LogP contribution in [-0.4, -0.2) is 62.7 Å². The number of ether oxygens (including phenoxy) is 3. The van der Waals surface area contributed by atoms with Crippen LogP contribution < -0.4 is 0 Å². The summed E-state index contributed by atoms with van der Waals surface area (Å²) < 4.78 is 15.4. The molecule has 0 aliphatic heterocycles. The van der Waals surface area contributed by atoms with Crippen molar-refractivity contribution in [3.8, 4) is 0 Å². The summed E-state index contributed by atoms with van der Waals surface area (Å²) >= 11 is 0. The third-order valence-corrected chi connectivity index (χ3v) is 2.77. The van der Waals surface area contributed by atoms with Crippen LogP contribution in [-0.2, 0) is 20.8 Å². The van der Waals surface area contributed by atoms with E-state index in [1.54, 1.807) is 7.11 Å². The number of aliphatic hydroxyl groups is 1. The van der Waals surface area contributed by atoms with Crippen molar-refractivity contribution in [2.24, 2.45) is 0 Å². The predicted octanol–water partition coefficient (Wildman–Crippen LogP) is 1.28. The average Bonchev–Trinajstić information content (AvgIpc) is 2.52. The number of hydrogen-bond acceptors (Lipinski definition) is 5. The molecule has 0 aliphatic rings. The van der Waals surface area contributed by atoms with Crippen LogP contribution in [0.1, 0.15) is 5.56 Å². The van der Waals surface area contributed by atoms with Crippen molar-refractivity contribution >= 4 is 6.09 Å². The van der Waals surface area contributed by atoms with Gasteiger partial charge in [-0.15, -0.1) is 0 Å². The van der Waals surface area contributed by atoms with E-state index in [1.807, 2.05) is 30.3 Å². The first-order valence-corrected chi connectivity index (χ1v) is 6.91. The molecular weight excluding hydrogens is 274 g/mol. The molecule has 118 valence electrons. The molecule has 0 aliphatic carbocycles. The van der Waals surface area contributed by atoms with Gasteiger partial charge >= 0.3 is 6.09 Å². The van der Waals surface area contributed by atoms with E-state index in [1.165, 1.54) is 4.90 Å². The lowest BCUT2D eigenvalue weighted by Gasteiger charge is -2.21. The molecule has 0 saturated carbocycles. The summed E-state index contributed by atoms with van der Waals surface area (Å²) in [5.74, 6) is 0. The molecule has 0 atom stereocenters. The fourth-order valence-corrected chi connectivity index (χ4v) is 1.64. The van der Waals surface area contributed by atoms with E-state index in [-0.39, 0.29) is 19.8 Å². The van der Waals surface area contributed by atoms with Gasteiger partial charge < -0.3 is 24.2 Å². The molecule has 0 saturated heterocycles. The third-order valence-electron chi connectivity index (χ3n) is 2.77. The Kier molecular flexibility index (Phi) is 9.19. The summed E-state index contributed by atoms with van der Waals surface area (Å²) in [6.45, 7) is 2.06. The van der Waals surface area contributed by atoms with Crippen molar-refractivity contribution in [1.29, 1.82) is 0 Å². The quantitative estimate of drug-likeness (QED) is 0.659. The van der Waals surface area contributed by atoms with Gasteiger partial charge in [0.05, 0.1) is 26.4 Å². The molecule has 0 fully saturated rings. The van der Waals surface area contributed by atoms with E-state index in [4.69, 9.17) is 19.3 Å². The Morgan fingerprint density at radius 3 is 2.57 bits per heavy atom. The van der Waals surface area contributed by atoms with Crippen LogP contribution in [0.5, 0.6) is 0 Å². The van der Waals surface area contributed by atoms with Gasteiger partial charge in [0.2, 0.25) is 0 Å². The lowest BCUT2D eigenvalue weighted by atomic mass is 10.2. The predicted molar refractivity (Wildman–Crippen MR) is 78.0 cm³/mol. The number of nitrogens with zero attached hydrogens (tertiary/aromatic N) is 1. The lowest BCUT2D eigenvalue weighted by Crippen LogP contribution is -2.36. The molecular formula is C15H23NO5. The van der Waals surface area contributed by atoms with Crippen molar-refractivity contribution in [2.75, 3.05) is 46.6 Å². The number of methoxy groups -OCH3 is 1. The van der Waals surface area contributed by atoms with Gasteiger partial charge in [-0.05, 0) is 5.56 Å². The number of hydrogen-bond donors (Lipinski definition) is 1. The SMILES string of the molecule is COCCOCCN(CCO)C(=O)OCc1ccccc1. The number of amides is 1. The number of carbonyl (C=O) groups excluding carboxylic acids is 1.